The van der Waals surface area contributed by atoms with Crippen LogP contribution in [0.1, 0.15) is 44.5 Å². The van der Waals surface area contributed by atoms with Crippen LogP contribution in [0.2, 0.25) is 0 Å². The van der Waals surface area contributed by atoms with Crippen LogP contribution in [-0.4, -0.2) is 44.4 Å². The smallest absolute Gasteiger partial charge is 0.223 e. The van der Waals surface area contributed by atoms with Crippen molar-refractivity contribution in [2.24, 2.45) is 5.92 Å². The van der Waals surface area contributed by atoms with Crippen molar-refractivity contribution >= 4 is 5.91 Å². The van der Waals surface area contributed by atoms with Gasteiger partial charge < -0.3 is 10.2 Å². The summed E-state index contributed by atoms with van der Waals surface area (Å²) in [5, 5.41) is 11.8. The van der Waals surface area contributed by atoms with Crippen LogP contribution in [0.15, 0.2) is 30.7 Å². The number of carbonyl (C=O) groups is 1. The molecule has 0 bridgehead atoms. The van der Waals surface area contributed by atoms with Gasteiger partial charge in [-0.2, -0.15) is 0 Å². The number of nitrogens with zero attached hydrogens (tertiary/aromatic N) is 5. The Morgan fingerprint density at radius 3 is 2.64 bits per heavy atom. The minimum absolute atomic E-state index is 0.0712. The van der Waals surface area contributed by atoms with Gasteiger partial charge in [-0.15, -0.1) is 5.10 Å². The van der Waals surface area contributed by atoms with Crippen molar-refractivity contribution in [3.63, 3.8) is 0 Å². The molecule has 0 saturated carbocycles. The lowest BCUT2D eigenvalue weighted by Crippen LogP contribution is -2.29. The van der Waals surface area contributed by atoms with E-state index in [1.807, 2.05) is 35.0 Å². The van der Waals surface area contributed by atoms with Gasteiger partial charge in [0, 0.05) is 44.9 Å². The van der Waals surface area contributed by atoms with E-state index in [1.165, 1.54) is 0 Å². The van der Waals surface area contributed by atoms with Crippen LogP contribution in [-0.2, 0) is 16.9 Å². The second kappa shape index (κ2) is 6.92. The third-order valence-corrected chi connectivity index (χ3v) is 4.68. The number of aromatic nitrogens is 4. The number of carbonyl (C=O) groups excluding carboxylic acids is 1. The summed E-state index contributed by atoms with van der Waals surface area (Å²) in [7, 11) is 1.88. The summed E-state index contributed by atoms with van der Waals surface area (Å²) in [5.74, 6) is 0.421. The van der Waals surface area contributed by atoms with Crippen LogP contribution in [0.5, 0.6) is 0 Å². The molecule has 3 heterocycles. The second-order valence-corrected chi connectivity index (χ2v) is 7.65. The van der Waals surface area contributed by atoms with Crippen LogP contribution in [0.25, 0.3) is 0 Å². The highest BCUT2D eigenvalue weighted by atomic mass is 16.2. The van der Waals surface area contributed by atoms with Gasteiger partial charge in [0.1, 0.15) is 0 Å². The lowest BCUT2D eigenvalue weighted by atomic mass is 9.94. The van der Waals surface area contributed by atoms with Crippen molar-refractivity contribution in [3.8, 4) is 0 Å². The molecule has 0 unspecified atom stereocenters. The van der Waals surface area contributed by atoms with E-state index in [4.69, 9.17) is 0 Å². The molecule has 7 nitrogen and oxygen atoms in total. The maximum atomic E-state index is 12.2. The summed E-state index contributed by atoms with van der Waals surface area (Å²) in [5.41, 5.74) is 1.97. The van der Waals surface area contributed by atoms with E-state index in [2.05, 4.69) is 41.4 Å². The van der Waals surface area contributed by atoms with E-state index in [1.54, 1.807) is 12.4 Å². The zero-order chi connectivity index (χ0) is 18.0. The molecule has 0 aromatic carbocycles. The maximum Gasteiger partial charge on any atom is 0.223 e. The summed E-state index contributed by atoms with van der Waals surface area (Å²) in [6, 6.07) is 4.07. The van der Waals surface area contributed by atoms with Crippen LogP contribution in [0.3, 0.4) is 0 Å². The molecular weight excluding hydrogens is 316 g/mol. The number of hydrogen-bond donors (Lipinski definition) is 1. The first-order valence-electron chi connectivity index (χ1n) is 8.64. The highest BCUT2D eigenvalue weighted by Crippen LogP contribution is 2.36. The third-order valence-electron chi connectivity index (χ3n) is 4.68. The van der Waals surface area contributed by atoms with Gasteiger partial charge in [-0.1, -0.05) is 5.21 Å². The van der Waals surface area contributed by atoms with Gasteiger partial charge in [-0.25, -0.2) is 4.68 Å². The molecule has 3 rings (SSSR count). The Labute approximate surface area is 148 Å². The van der Waals surface area contributed by atoms with Crippen LogP contribution in [0.4, 0.5) is 0 Å². The first kappa shape index (κ1) is 17.5. The van der Waals surface area contributed by atoms with Crippen molar-refractivity contribution in [2.75, 3.05) is 13.6 Å². The average molecular weight is 342 g/mol. The Bertz CT molecular complexity index is 721. The number of likely N-dealkylation sites (tertiary alicyclic amines) is 1. The molecular formula is C18H26N6O. The fourth-order valence-corrected chi connectivity index (χ4v) is 3.28. The topological polar surface area (TPSA) is 75.9 Å². The van der Waals surface area contributed by atoms with Gasteiger partial charge in [0.25, 0.3) is 0 Å². The van der Waals surface area contributed by atoms with E-state index >= 15 is 0 Å². The van der Waals surface area contributed by atoms with Crippen LogP contribution in [0, 0.1) is 5.92 Å². The molecule has 1 fully saturated rings. The number of pyridine rings is 1. The maximum absolute atomic E-state index is 12.2. The number of nitrogens with one attached hydrogen (secondary N) is 1. The summed E-state index contributed by atoms with van der Waals surface area (Å²) >= 11 is 0. The molecule has 2 aromatic rings. The highest BCUT2D eigenvalue weighted by molar-refractivity contribution is 5.79. The molecule has 1 saturated heterocycles. The predicted molar refractivity (Wildman–Crippen MR) is 94.6 cm³/mol. The monoisotopic (exact) mass is 342 g/mol. The van der Waals surface area contributed by atoms with Gasteiger partial charge in [0.05, 0.1) is 23.5 Å². The van der Waals surface area contributed by atoms with E-state index in [-0.39, 0.29) is 23.4 Å². The van der Waals surface area contributed by atoms with E-state index in [0.29, 0.717) is 13.0 Å². The molecule has 2 atom stereocenters. The second-order valence-electron chi connectivity index (χ2n) is 7.65. The first-order chi connectivity index (χ1) is 11.9. The number of hydrogen-bond acceptors (Lipinski definition) is 5. The minimum atomic E-state index is -0.0712. The Morgan fingerprint density at radius 2 is 2.00 bits per heavy atom. The standard InChI is InChI=1S/C18H26N6O/c1-18(2,3)24-12-15(21-22-24)11-20-10-14-9-16(25)23(4)17(14)13-5-7-19-8-6-13/h5-8,12,14,17,20H,9-11H2,1-4H3/t14-,17-/m0/s1. The first-order valence-corrected chi connectivity index (χ1v) is 8.64. The summed E-state index contributed by atoms with van der Waals surface area (Å²) in [4.78, 5) is 18.1. The van der Waals surface area contributed by atoms with Gasteiger partial charge in [-0.05, 0) is 38.5 Å². The van der Waals surface area contributed by atoms with Crippen molar-refractivity contribution in [1.82, 2.24) is 30.2 Å². The molecule has 7 heteroatoms. The van der Waals surface area contributed by atoms with Gasteiger partial charge >= 0.3 is 0 Å². The van der Waals surface area contributed by atoms with Crippen molar-refractivity contribution in [2.45, 2.75) is 45.3 Å². The molecule has 0 radical (unpaired) electrons. The molecule has 1 aliphatic heterocycles. The zero-order valence-electron chi connectivity index (χ0n) is 15.3. The molecule has 25 heavy (non-hydrogen) atoms. The third kappa shape index (κ3) is 3.87. The Balaban J connectivity index is 1.62. The predicted octanol–water partition coefficient (Wildman–Crippen LogP) is 1.74. The molecule has 1 N–H and O–H groups in total. The van der Waals surface area contributed by atoms with E-state index in [0.717, 1.165) is 17.8 Å². The Morgan fingerprint density at radius 1 is 1.28 bits per heavy atom. The van der Waals surface area contributed by atoms with E-state index < -0.39 is 0 Å². The minimum Gasteiger partial charge on any atom is -0.338 e. The largest absolute Gasteiger partial charge is 0.338 e. The fraction of sp³-hybridized carbons (Fsp3) is 0.556. The SMILES string of the molecule is CN1C(=O)C[C@@H](CNCc2cn(C(C)(C)C)nn2)[C@@H]1c1ccncc1. The molecule has 0 aliphatic carbocycles. The molecule has 1 aliphatic rings. The van der Waals surface area contributed by atoms with Crippen molar-refractivity contribution < 1.29 is 4.79 Å². The molecule has 134 valence electrons. The lowest BCUT2D eigenvalue weighted by molar-refractivity contribution is -0.127. The van der Waals surface area contributed by atoms with Crippen LogP contribution >= 0.6 is 0 Å². The van der Waals surface area contributed by atoms with Gasteiger partial charge in [-0.3, -0.25) is 9.78 Å². The van der Waals surface area contributed by atoms with Gasteiger partial charge in [0.2, 0.25) is 5.91 Å². The molecule has 1 amide bonds. The highest BCUT2D eigenvalue weighted by Gasteiger charge is 2.38. The Kier molecular flexibility index (Phi) is 4.85. The molecule has 2 aromatic heterocycles. The fourth-order valence-electron chi connectivity index (χ4n) is 3.28. The number of amides is 1. The van der Waals surface area contributed by atoms with Crippen LogP contribution < -0.4 is 5.32 Å². The van der Waals surface area contributed by atoms with Crippen molar-refractivity contribution in [1.29, 1.82) is 0 Å². The van der Waals surface area contributed by atoms with Gasteiger partial charge in [0.15, 0.2) is 0 Å². The summed E-state index contributed by atoms with van der Waals surface area (Å²) in [6.07, 6.45) is 6.09. The summed E-state index contributed by atoms with van der Waals surface area (Å²) in [6.45, 7) is 7.69. The van der Waals surface area contributed by atoms with Crippen molar-refractivity contribution in [3.05, 3.63) is 42.0 Å². The quantitative estimate of drug-likeness (QED) is 0.896. The van der Waals surface area contributed by atoms with E-state index in [9.17, 15) is 4.79 Å². The normalized spacial score (nSPS) is 21.1. The zero-order valence-corrected chi connectivity index (χ0v) is 15.3. The molecule has 0 spiro atoms. The average Bonchev–Trinajstić information content (AvgIpc) is 3.14. The Hall–Kier alpha value is -2.28. The lowest BCUT2D eigenvalue weighted by Gasteiger charge is -2.25. The summed E-state index contributed by atoms with van der Waals surface area (Å²) < 4.78 is 1.87. The number of rotatable bonds is 5.